The van der Waals surface area contributed by atoms with E-state index in [0.717, 1.165) is 5.56 Å². The predicted octanol–water partition coefficient (Wildman–Crippen LogP) is 2.76. The summed E-state index contributed by atoms with van der Waals surface area (Å²) in [7, 11) is 1.55. The monoisotopic (exact) mass is 312 g/mol. The Hall–Kier alpha value is -2.82. The molecule has 2 amide bonds. The van der Waals surface area contributed by atoms with E-state index in [1.807, 2.05) is 37.3 Å². The van der Waals surface area contributed by atoms with E-state index in [9.17, 15) is 9.59 Å². The van der Waals surface area contributed by atoms with Gasteiger partial charge in [0.05, 0.1) is 12.8 Å². The summed E-state index contributed by atoms with van der Waals surface area (Å²) in [4.78, 5) is 23.9. The maximum Gasteiger partial charge on any atom is 0.251 e. The highest BCUT2D eigenvalue weighted by molar-refractivity contribution is 5.95. The van der Waals surface area contributed by atoms with Crippen LogP contribution in [0.3, 0.4) is 0 Å². The van der Waals surface area contributed by atoms with Gasteiger partial charge in [-0.2, -0.15) is 0 Å². The Kier molecular flexibility index (Phi) is 5.74. The van der Waals surface area contributed by atoms with Crippen molar-refractivity contribution in [3.8, 4) is 5.75 Å². The highest BCUT2D eigenvalue weighted by Gasteiger charge is 2.09. The van der Waals surface area contributed by atoms with Crippen molar-refractivity contribution in [1.29, 1.82) is 0 Å². The zero-order chi connectivity index (χ0) is 16.7. The van der Waals surface area contributed by atoms with E-state index < -0.39 is 0 Å². The number of para-hydroxylation sites is 2. The van der Waals surface area contributed by atoms with E-state index in [2.05, 4.69) is 10.6 Å². The number of methoxy groups -OCH3 is 1. The van der Waals surface area contributed by atoms with Gasteiger partial charge in [0.1, 0.15) is 5.75 Å². The quantitative estimate of drug-likeness (QED) is 0.862. The summed E-state index contributed by atoms with van der Waals surface area (Å²) < 4.78 is 5.17. The number of aryl methyl sites for hydroxylation is 1. The first-order chi connectivity index (χ1) is 11.1. The molecule has 5 heteroatoms. The molecule has 0 aliphatic heterocycles. The van der Waals surface area contributed by atoms with Crippen molar-refractivity contribution in [2.45, 2.75) is 13.3 Å². The molecule has 0 radical (unpaired) electrons. The second kappa shape index (κ2) is 7.98. The van der Waals surface area contributed by atoms with Crippen molar-refractivity contribution >= 4 is 17.5 Å². The standard InChI is InChI=1S/C18H20N2O3/c1-13-6-5-7-14(12-13)18(22)19-11-10-17(21)20-15-8-3-4-9-16(15)23-2/h3-9,12H,10-11H2,1-2H3,(H,19,22)(H,20,21). The van der Waals surface area contributed by atoms with Crippen LogP contribution in [0.25, 0.3) is 0 Å². The van der Waals surface area contributed by atoms with E-state index in [1.165, 1.54) is 0 Å². The van der Waals surface area contributed by atoms with Gasteiger partial charge in [0.25, 0.3) is 5.91 Å². The number of anilines is 1. The molecule has 23 heavy (non-hydrogen) atoms. The van der Waals surface area contributed by atoms with Gasteiger partial charge >= 0.3 is 0 Å². The van der Waals surface area contributed by atoms with Crippen molar-refractivity contribution in [3.63, 3.8) is 0 Å². The molecule has 0 bridgehead atoms. The minimum absolute atomic E-state index is 0.181. The molecule has 2 aromatic rings. The molecule has 0 aromatic heterocycles. The Morgan fingerprint density at radius 1 is 1.09 bits per heavy atom. The summed E-state index contributed by atoms with van der Waals surface area (Å²) in [6, 6.07) is 14.5. The summed E-state index contributed by atoms with van der Waals surface area (Å²) >= 11 is 0. The first-order valence-electron chi connectivity index (χ1n) is 7.38. The molecule has 0 aliphatic carbocycles. The molecule has 2 aromatic carbocycles. The molecular formula is C18H20N2O3. The molecular weight excluding hydrogens is 292 g/mol. The number of benzene rings is 2. The number of rotatable bonds is 6. The van der Waals surface area contributed by atoms with Crippen LogP contribution in [0.5, 0.6) is 5.75 Å². The normalized spacial score (nSPS) is 10.0. The molecule has 0 atom stereocenters. The van der Waals surface area contributed by atoms with E-state index in [-0.39, 0.29) is 24.8 Å². The molecule has 0 saturated heterocycles. The van der Waals surface area contributed by atoms with Crippen LogP contribution in [0.15, 0.2) is 48.5 Å². The second-order valence-corrected chi connectivity index (χ2v) is 5.12. The van der Waals surface area contributed by atoms with Crippen LogP contribution in [0.4, 0.5) is 5.69 Å². The molecule has 5 nitrogen and oxygen atoms in total. The molecule has 0 saturated carbocycles. The molecule has 120 valence electrons. The van der Waals surface area contributed by atoms with Crippen LogP contribution in [0.2, 0.25) is 0 Å². The van der Waals surface area contributed by atoms with Crippen LogP contribution in [-0.4, -0.2) is 25.5 Å². The van der Waals surface area contributed by atoms with Crippen molar-refractivity contribution < 1.29 is 14.3 Å². The topological polar surface area (TPSA) is 67.4 Å². The summed E-state index contributed by atoms with van der Waals surface area (Å²) in [5.41, 5.74) is 2.23. The van der Waals surface area contributed by atoms with Crippen LogP contribution < -0.4 is 15.4 Å². The molecule has 0 unspecified atom stereocenters. The summed E-state index contributed by atoms with van der Waals surface area (Å²) in [5.74, 6) is 0.238. The minimum atomic E-state index is -0.182. The largest absolute Gasteiger partial charge is 0.495 e. The van der Waals surface area contributed by atoms with E-state index in [0.29, 0.717) is 17.0 Å². The van der Waals surface area contributed by atoms with Crippen molar-refractivity contribution in [2.24, 2.45) is 0 Å². The van der Waals surface area contributed by atoms with Crippen LogP contribution in [-0.2, 0) is 4.79 Å². The highest BCUT2D eigenvalue weighted by Crippen LogP contribution is 2.22. The average molecular weight is 312 g/mol. The number of hydrogen-bond donors (Lipinski definition) is 2. The fourth-order valence-electron chi connectivity index (χ4n) is 2.14. The summed E-state index contributed by atoms with van der Waals surface area (Å²) in [6.07, 6.45) is 0.190. The van der Waals surface area contributed by atoms with Gasteiger partial charge < -0.3 is 15.4 Å². The van der Waals surface area contributed by atoms with Gasteiger partial charge in [-0.1, -0.05) is 29.8 Å². The molecule has 2 rings (SSSR count). The number of hydrogen-bond acceptors (Lipinski definition) is 3. The first-order valence-corrected chi connectivity index (χ1v) is 7.38. The average Bonchev–Trinajstić information content (AvgIpc) is 2.55. The molecule has 0 aliphatic rings. The van der Waals surface area contributed by atoms with Gasteiger partial charge in [-0.15, -0.1) is 0 Å². The van der Waals surface area contributed by atoms with Gasteiger partial charge in [0.2, 0.25) is 5.91 Å². The van der Waals surface area contributed by atoms with Crippen LogP contribution >= 0.6 is 0 Å². The maximum absolute atomic E-state index is 12.0. The molecule has 2 N–H and O–H groups in total. The third kappa shape index (κ3) is 4.85. The highest BCUT2D eigenvalue weighted by atomic mass is 16.5. The molecule has 0 spiro atoms. The SMILES string of the molecule is COc1ccccc1NC(=O)CCNC(=O)c1cccc(C)c1. The van der Waals surface area contributed by atoms with Crippen molar-refractivity contribution in [1.82, 2.24) is 5.32 Å². The van der Waals surface area contributed by atoms with Gasteiger partial charge in [-0.3, -0.25) is 9.59 Å². The summed E-state index contributed by atoms with van der Waals surface area (Å²) in [5, 5.41) is 5.51. The molecule has 0 fully saturated rings. The third-order valence-corrected chi connectivity index (χ3v) is 3.30. The van der Waals surface area contributed by atoms with Crippen molar-refractivity contribution in [3.05, 3.63) is 59.7 Å². The second-order valence-electron chi connectivity index (χ2n) is 5.12. The van der Waals surface area contributed by atoms with Crippen molar-refractivity contribution in [2.75, 3.05) is 19.0 Å². The number of nitrogens with one attached hydrogen (secondary N) is 2. The van der Waals surface area contributed by atoms with Gasteiger partial charge in [-0.05, 0) is 31.2 Å². The Labute approximate surface area is 135 Å². The number of carbonyl (C=O) groups is 2. The van der Waals surface area contributed by atoms with Gasteiger partial charge in [0, 0.05) is 18.5 Å². The van der Waals surface area contributed by atoms with Gasteiger partial charge in [-0.25, -0.2) is 0 Å². The number of ether oxygens (including phenoxy) is 1. The number of carbonyl (C=O) groups excluding carboxylic acids is 2. The van der Waals surface area contributed by atoms with E-state index in [4.69, 9.17) is 4.74 Å². The van der Waals surface area contributed by atoms with E-state index in [1.54, 1.807) is 25.3 Å². The smallest absolute Gasteiger partial charge is 0.251 e. The van der Waals surface area contributed by atoms with Gasteiger partial charge in [0.15, 0.2) is 0 Å². The lowest BCUT2D eigenvalue weighted by atomic mass is 10.1. The fraction of sp³-hybridized carbons (Fsp3) is 0.222. The lowest BCUT2D eigenvalue weighted by Gasteiger charge is -2.10. The first kappa shape index (κ1) is 16.5. The van der Waals surface area contributed by atoms with Crippen LogP contribution in [0, 0.1) is 6.92 Å². The maximum atomic E-state index is 12.0. The zero-order valence-electron chi connectivity index (χ0n) is 13.3. The lowest BCUT2D eigenvalue weighted by molar-refractivity contribution is -0.116. The Bertz CT molecular complexity index is 698. The lowest BCUT2D eigenvalue weighted by Crippen LogP contribution is -2.27. The zero-order valence-corrected chi connectivity index (χ0v) is 13.3. The minimum Gasteiger partial charge on any atom is -0.495 e. The van der Waals surface area contributed by atoms with Crippen LogP contribution in [0.1, 0.15) is 22.3 Å². The Balaban J connectivity index is 1.82. The Morgan fingerprint density at radius 2 is 1.87 bits per heavy atom. The van der Waals surface area contributed by atoms with E-state index >= 15 is 0 Å². The Morgan fingerprint density at radius 3 is 2.61 bits per heavy atom. The number of amides is 2. The summed E-state index contributed by atoms with van der Waals surface area (Å²) in [6.45, 7) is 2.20. The molecule has 0 heterocycles. The predicted molar refractivity (Wildman–Crippen MR) is 89.8 cm³/mol. The third-order valence-electron chi connectivity index (χ3n) is 3.30. The fourth-order valence-corrected chi connectivity index (χ4v) is 2.14.